The summed E-state index contributed by atoms with van der Waals surface area (Å²) in [7, 11) is -8.83. The second-order valence-electron chi connectivity index (χ2n) is 10.4. The highest BCUT2D eigenvalue weighted by molar-refractivity contribution is 7.84. The van der Waals surface area contributed by atoms with Gasteiger partial charge in [0.05, 0.1) is 19.3 Å². The molecule has 5 aliphatic heterocycles. The SMILES string of the molecule is CO[C@@H]1[C@@H]2OS(=O)(=O)NC[C@H]3O[C@@H](n4cnc5c(N)ncnc54)[C@H](F)[C@@H]3OP(=O)([O-])OC[C@H]2O[C@H]1N1C=NC2C(=O)NC(=N)N=C21. The Morgan fingerprint density at radius 1 is 1.22 bits per heavy atom. The van der Waals surface area contributed by atoms with Crippen LogP contribution in [0.2, 0.25) is 0 Å². The van der Waals surface area contributed by atoms with Crippen molar-refractivity contribution in [1.29, 1.82) is 5.41 Å². The molecule has 2 aromatic rings. The summed E-state index contributed by atoms with van der Waals surface area (Å²) < 4.78 is 91.2. The predicted molar refractivity (Wildman–Crippen MR) is 146 cm³/mol. The van der Waals surface area contributed by atoms with E-state index < -0.39 is 98.3 Å². The third-order valence-corrected chi connectivity index (χ3v) is 9.64. The number of nitrogens with two attached hydrogens (primary N) is 1. The molecule has 5 N–H and O–H groups in total. The maximum atomic E-state index is 15.9. The molecule has 3 fully saturated rings. The first-order valence-electron chi connectivity index (χ1n) is 13.4. The van der Waals surface area contributed by atoms with Crippen LogP contribution in [-0.2, 0) is 47.1 Å². The molecular formula is C21H24FN11O11PS-. The van der Waals surface area contributed by atoms with Crippen molar-refractivity contribution in [2.24, 2.45) is 9.98 Å². The van der Waals surface area contributed by atoms with Gasteiger partial charge >= 0.3 is 10.3 Å². The van der Waals surface area contributed by atoms with Gasteiger partial charge in [0.25, 0.3) is 13.7 Å². The van der Waals surface area contributed by atoms with E-state index in [9.17, 15) is 22.7 Å². The number of hydrogen-bond donors (Lipinski definition) is 4. The number of nitrogens with zero attached hydrogens (tertiary/aromatic N) is 7. The van der Waals surface area contributed by atoms with Crippen molar-refractivity contribution in [2.75, 3.05) is 26.0 Å². The number of nitrogen functional groups attached to an aromatic ring is 1. The normalized spacial score (nSPS) is 39.2. The largest absolute Gasteiger partial charge is 0.756 e. The van der Waals surface area contributed by atoms with Gasteiger partial charge in [-0.2, -0.15) is 18.1 Å². The highest BCUT2D eigenvalue weighted by atomic mass is 32.2. The maximum absolute atomic E-state index is 15.9. The number of anilines is 1. The van der Waals surface area contributed by atoms with Gasteiger partial charge < -0.3 is 33.9 Å². The minimum atomic E-state index is -5.34. The molecule has 0 saturated carbocycles. The number of methoxy groups -OCH3 is 1. The molecule has 5 aliphatic rings. The number of hydrogen-bond acceptors (Lipinski definition) is 18. The van der Waals surface area contributed by atoms with Gasteiger partial charge in [0.1, 0.15) is 42.4 Å². The number of amidine groups is 1. The lowest BCUT2D eigenvalue weighted by molar-refractivity contribution is -0.235. The smallest absolute Gasteiger partial charge is 0.336 e. The molecule has 2 aromatic heterocycles. The minimum absolute atomic E-state index is 0.000154. The number of phosphoric acid groups is 1. The first-order valence-corrected chi connectivity index (χ1v) is 16.2. The van der Waals surface area contributed by atoms with Crippen LogP contribution in [-0.4, -0.2) is 126 Å². The van der Waals surface area contributed by atoms with Crippen LogP contribution >= 0.6 is 7.82 Å². The van der Waals surface area contributed by atoms with Crippen molar-refractivity contribution in [3.8, 4) is 0 Å². The third-order valence-electron chi connectivity index (χ3n) is 7.67. The van der Waals surface area contributed by atoms with Crippen LogP contribution in [0.4, 0.5) is 10.2 Å². The summed E-state index contributed by atoms with van der Waals surface area (Å²) in [5, 5.41) is 9.98. The van der Waals surface area contributed by atoms with Crippen molar-refractivity contribution < 1.29 is 54.5 Å². The third kappa shape index (κ3) is 5.34. The number of nitrogens with one attached hydrogen (secondary N) is 3. The maximum Gasteiger partial charge on any atom is 0.336 e. The number of rotatable bonds is 3. The number of alkyl halides is 1. The molecular weight excluding hydrogens is 664 g/mol. The molecule has 2 unspecified atom stereocenters. The van der Waals surface area contributed by atoms with Gasteiger partial charge in [-0.3, -0.25) is 34.5 Å². The van der Waals surface area contributed by atoms with Crippen LogP contribution in [0.25, 0.3) is 11.2 Å². The molecule has 7 rings (SSSR count). The standard InChI is InChI=1S/C21H25FN11O11PS/c1-39-14-13-8(42-20(14)33-6-28-11-17(33)30-21(24)31-18(11)34)3-40-45(35,36)43-12-7(2-29-46(37,38)44-13)41-19(9(12)22)32-5-27-10-15(23)25-4-26-16(10)32/h4-9,11-14,19-20,29H,2-3H2,1H3,(H,35,36)(H2,23,25,26)(H2,24,31,34)/p-1/t7-,8-,9-,11?,12-,13-,14-,19-,20-/m1/s1. The van der Waals surface area contributed by atoms with Gasteiger partial charge in [-0.1, -0.05) is 0 Å². The Morgan fingerprint density at radius 3 is 2.78 bits per heavy atom. The van der Waals surface area contributed by atoms with Gasteiger partial charge in [-0.05, 0) is 0 Å². The van der Waals surface area contributed by atoms with Gasteiger partial charge in [0.15, 0.2) is 42.0 Å². The van der Waals surface area contributed by atoms with Gasteiger partial charge in [0.2, 0.25) is 5.96 Å². The Kier molecular flexibility index (Phi) is 7.62. The topological polar surface area (TPSA) is 292 Å². The first-order chi connectivity index (χ1) is 21.9. The number of imidazole rings is 1. The quantitative estimate of drug-likeness (QED) is 0.229. The highest BCUT2D eigenvalue weighted by Gasteiger charge is 2.55. The molecule has 0 spiro atoms. The Morgan fingerprint density at radius 2 is 2.00 bits per heavy atom. The highest BCUT2D eigenvalue weighted by Crippen LogP contribution is 2.47. The predicted octanol–water partition coefficient (Wildman–Crippen LogP) is -3.34. The van der Waals surface area contributed by atoms with E-state index in [0.717, 1.165) is 17.2 Å². The molecule has 7 heterocycles. The molecule has 25 heteroatoms. The van der Waals surface area contributed by atoms with Gasteiger partial charge in [-0.15, -0.1) is 0 Å². The summed E-state index contributed by atoms with van der Waals surface area (Å²) in [6, 6.07) is -1.12. The van der Waals surface area contributed by atoms with Gasteiger partial charge in [0, 0.05) is 13.7 Å². The van der Waals surface area contributed by atoms with E-state index in [0.29, 0.717) is 0 Å². The minimum Gasteiger partial charge on any atom is -0.756 e. The lowest BCUT2D eigenvalue weighted by Gasteiger charge is -2.31. The summed E-state index contributed by atoms with van der Waals surface area (Å²) in [6.07, 6.45) is -9.27. The summed E-state index contributed by atoms with van der Waals surface area (Å²) in [6.45, 7) is -1.57. The number of fused-ring (bicyclic) bond motifs is 4. The average molecular weight is 689 g/mol. The fourth-order valence-corrected chi connectivity index (χ4v) is 7.54. The number of phosphoric ester groups is 1. The molecule has 22 nitrogen and oxygen atoms in total. The Hall–Kier alpha value is -3.58. The molecule has 0 radical (unpaired) electrons. The molecule has 0 aliphatic carbocycles. The summed E-state index contributed by atoms with van der Waals surface area (Å²) >= 11 is 0. The van der Waals surface area contributed by atoms with Crippen LogP contribution in [0, 0.1) is 5.41 Å². The van der Waals surface area contributed by atoms with Crippen LogP contribution in [0.3, 0.4) is 0 Å². The van der Waals surface area contributed by atoms with Crippen LogP contribution < -0.4 is 20.7 Å². The Labute approximate surface area is 257 Å². The van der Waals surface area contributed by atoms with E-state index in [1.54, 1.807) is 0 Å². The number of halogens is 1. The molecule has 0 bridgehead atoms. The molecule has 46 heavy (non-hydrogen) atoms. The van der Waals surface area contributed by atoms with E-state index in [4.69, 9.17) is 38.6 Å². The fraction of sp³-hybridized carbons (Fsp3) is 0.571. The number of guanidine groups is 1. The lowest BCUT2D eigenvalue weighted by Crippen LogP contribution is -2.53. The second kappa shape index (κ2) is 11.3. The Bertz CT molecular complexity index is 1810. The molecule has 10 atom stereocenters. The van der Waals surface area contributed by atoms with Gasteiger partial charge in [-0.25, -0.2) is 23.5 Å². The summed E-state index contributed by atoms with van der Waals surface area (Å²) in [5.74, 6) is -1.13. The van der Waals surface area contributed by atoms with Crippen LogP contribution in [0.15, 0.2) is 22.6 Å². The zero-order valence-corrected chi connectivity index (χ0v) is 25.0. The number of ether oxygens (including phenoxy) is 3. The second-order valence-corrected chi connectivity index (χ2v) is 13.2. The van der Waals surface area contributed by atoms with Crippen molar-refractivity contribution in [3.05, 3.63) is 12.7 Å². The molecule has 0 aromatic carbocycles. The van der Waals surface area contributed by atoms with Crippen LogP contribution in [0.1, 0.15) is 6.23 Å². The first kappa shape index (κ1) is 31.0. The number of aliphatic imine (C=N–C) groups is 2. The molecule has 248 valence electrons. The zero-order chi connectivity index (χ0) is 32.5. The van der Waals surface area contributed by atoms with Crippen molar-refractivity contribution >= 4 is 59.1 Å². The number of aromatic nitrogens is 4. The van der Waals surface area contributed by atoms with E-state index in [1.807, 2.05) is 0 Å². The molecule has 3 saturated heterocycles. The monoisotopic (exact) mass is 688 g/mol. The van der Waals surface area contributed by atoms with Crippen molar-refractivity contribution in [2.45, 2.75) is 55.2 Å². The van der Waals surface area contributed by atoms with Crippen molar-refractivity contribution in [1.82, 2.24) is 34.5 Å². The van der Waals surface area contributed by atoms with E-state index >= 15 is 4.39 Å². The lowest BCUT2D eigenvalue weighted by atomic mass is 10.1. The fourth-order valence-electron chi connectivity index (χ4n) is 5.64. The number of carbonyl (C=O) groups excluding carboxylic acids is 1. The Balaban J connectivity index is 1.16. The van der Waals surface area contributed by atoms with E-state index in [-0.39, 0.29) is 22.8 Å². The summed E-state index contributed by atoms with van der Waals surface area (Å²) in [4.78, 5) is 46.5. The summed E-state index contributed by atoms with van der Waals surface area (Å²) in [5.41, 5.74) is 6.00. The van der Waals surface area contributed by atoms with E-state index in [2.05, 4.69) is 35.0 Å². The van der Waals surface area contributed by atoms with E-state index in [1.165, 1.54) is 18.3 Å². The number of carbonyl (C=O) groups is 1. The van der Waals surface area contributed by atoms with Crippen molar-refractivity contribution in [3.63, 3.8) is 0 Å². The average Bonchev–Trinajstić information content (AvgIpc) is 3.75. The number of amides is 1. The zero-order valence-electron chi connectivity index (χ0n) is 23.3. The molecule has 1 amide bonds. The van der Waals surface area contributed by atoms with Crippen LogP contribution in [0.5, 0.6) is 0 Å².